The molecule has 24 heavy (non-hydrogen) atoms. The molecule has 0 saturated carbocycles. The highest BCUT2D eigenvalue weighted by Crippen LogP contribution is 2.32. The zero-order valence-corrected chi connectivity index (χ0v) is 13.5. The number of alkyl halides is 3. The molecule has 3 nitrogen and oxygen atoms in total. The summed E-state index contributed by atoms with van der Waals surface area (Å²) in [6.45, 7) is 4.45. The van der Waals surface area contributed by atoms with Crippen molar-refractivity contribution in [2.75, 3.05) is 13.1 Å². The largest absolute Gasteiger partial charge is 0.419 e. The lowest BCUT2D eigenvalue weighted by atomic mass is 10.0. The van der Waals surface area contributed by atoms with Gasteiger partial charge in [0, 0.05) is 43.5 Å². The van der Waals surface area contributed by atoms with Crippen molar-refractivity contribution in [2.24, 2.45) is 4.99 Å². The predicted octanol–water partition coefficient (Wildman–Crippen LogP) is 3.98. The second kappa shape index (κ2) is 7.25. The Morgan fingerprint density at radius 1 is 1.38 bits per heavy atom. The number of hydrogen-bond acceptors (Lipinski definition) is 3. The first-order valence-electron chi connectivity index (χ1n) is 7.52. The molecule has 0 aliphatic carbocycles. The van der Waals surface area contributed by atoms with E-state index in [1.807, 2.05) is 4.90 Å². The third-order valence-corrected chi connectivity index (χ3v) is 3.85. The van der Waals surface area contributed by atoms with Crippen LogP contribution in [0.2, 0.25) is 0 Å². The van der Waals surface area contributed by atoms with Gasteiger partial charge in [0.05, 0.1) is 5.56 Å². The van der Waals surface area contributed by atoms with Crippen molar-refractivity contribution in [1.29, 1.82) is 0 Å². The highest BCUT2D eigenvalue weighted by atomic mass is 19.4. The molecule has 1 aromatic rings. The average molecular weight is 342 g/mol. The monoisotopic (exact) mass is 342 g/mol. The summed E-state index contributed by atoms with van der Waals surface area (Å²) in [5.41, 5.74) is 0.492. The Morgan fingerprint density at radius 2 is 2.08 bits per heavy atom. The molecule has 0 unspecified atom stereocenters. The van der Waals surface area contributed by atoms with Crippen LogP contribution in [0.25, 0.3) is 0 Å². The van der Waals surface area contributed by atoms with Crippen molar-refractivity contribution in [1.82, 2.24) is 4.90 Å². The molecule has 0 atom stereocenters. The summed E-state index contributed by atoms with van der Waals surface area (Å²) >= 11 is 0. The van der Waals surface area contributed by atoms with Gasteiger partial charge in [-0.25, -0.2) is 4.39 Å². The minimum absolute atomic E-state index is 0.0844. The van der Waals surface area contributed by atoms with Gasteiger partial charge in [-0.05, 0) is 31.5 Å². The molecule has 0 amide bonds. The number of aliphatic imine (C=N–C) groups is 1. The SMILES string of the molecule is CC=NC1=C(C(C)=O)CN(Cc2ccc(C(F)(F)F)c(F)c2)CC1. The summed E-state index contributed by atoms with van der Waals surface area (Å²) in [6.07, 6.45) is -2.51. The molecular formula is C17H18F4N2O. The Morgan fingerprint density at radius 3 is 2.62 bits per heavy atom. The number of nitrogens with zero attached hydrogens (tertiary/aromatic N) is 2. The molecule has 0 radical (unpaired) electrons. The number of halogens is 4. The molecule has 0 N–H and O–H groups in total. The number of benzene rings is 1. The molecule has 130 valence electrons. The molecule has 1 aliphatic heterocycles. The lowest BCUT2D eigenvalue weighted by molar-refractivity contribution is -0.140. The van der Waals surface area contributed by atoms with Crippen LogP contribution in [0.1, 0.15) is 31.4 Å². The first kappa shape index (κ1) is 18.3. The van der Waals surface area contributed by atoms with E-state index in [0.717, 1.165) is 17.8 Å². The molecule has 0 fully saturated rings. The van der Waals surface area contributed by atoms with Gasteiger partial charge in [0.15, 0.2) is 5.78 Å². The molecule has 2 rings (SSSR count). The standard InChI is InChI=1S/C17H18F4N2O/c1-3-22-16-6-7-23(10-13(16)11(2)24)9-12-4-5-14(15(18)8-12)17(19,20)21/h3-5,8H,6-7,9-10H2,1-2H3. The van der Waals surface area contributed by atoms with Gasteiger partial charge in [0.25, 0.3) is 0 Å². The van der Waals surface area contributed by atoms with Crippen LogP contribution in [-0.2, 0) is 17.5 Å². The lowest BCUT2D eigenvalue weighted by Crippen LogP contribution is -2.33. The molecule has 0 saturated heterocycles. The number of carbonyl (C=O) groups excluding carboxylic acids is 1. The predicted molar refractivity (Wildman–Crippen MR) is 83.2 cm³/mol. The van der Waals surface area contributed by atoms with E-state index in [-0.39, 0.29) is 12.3 Å². The average Bonchev–Trinajstić information content (AvgIpc) is 2.47. The van der Waals surface area contributed by atoms with E-state index < -0.39 is 17.6 Å². The van der Waals surface area contributed by atoms with Crippen molar-refractivity contribution in [3.8, 4) is 0 Å². The number of carbonyl (C=O) groups is 1. The fourth-order valence-electron chi connectivity index (χ4n) is 2.70. The van der Waals surface area contributed by atoms with E-state index in [1.165, 1.54) is 13.0 Å². The summed E-state index contributed by atoms with van der Waals surface area (Å²) in [5.74, 6) is -1.37. The quantitative estimate of drug-likeness (QED) is 0.612. The van der Waals surface area contributed by atoms with Crippen molar-refractivity contribution < 1.29 is 22.4 Å². The van der Waals surface area contributed by atoms with Crippen LogP contribution in [0.5, 0.6) is 0 Å². The molecular weight excluding hydrogens is 324 g/mol. The van der Waals surface area contributed by atoms with Gasteiger partial charge >= 0.3 is 6.18 Å². The smallest absolute Gasteiger partial charge is 0.295 e. The van der Waals surface area contributed by atoms with E-state index in [0.29, 0.717) is 30.6 Å². The minimum Gasteiger partial charge on any atom is -0.295 e. The Labute approximate surface area is 137 Å². The van der Waals surface area contributed by atoms with Crippen molar-refractivity contribution in [3.63, 3.8) is 0 Å². The molecule has 7 heteroatoms. The van der Waals surface area contributed by atoms with E-state index >= 15 is 0 Å². The third-order valence-electron chi connectivity index (χ3n) is 3.85. The van der Waals surface area contributed by atoms with E-state index in [1.54, 1.807) is 13.1 Å². The Bertz CT molecular complexity index is 692. The molecule has 0 bridgehead atoms. The number of Topliss-reactive ketones (excluding diaryl/α,β-unsaturated/α-hetero) is 1. The zero-order valence-electron chi connectivity index (χ0n) is 13.5. The fourth-order valence-corrected chi connectivity index (χ4v) is 2.70. The Kier molecular flexibility index (Phi) is 5.54. The maximum absolute atomic E-state index is 13.6. The van der Waals surface area contributed by atoms with Crippen LogP contribution in [0.15, 0.2) is 34.5 Å². The first-order chi connectivity index (χ1) is 11.2. The summed E-state index contributed by atoms with van der Waals surface area (Å²) in [4.78, 5) is 17.8. The maximum Gasteiger partial charge on any atom is 0.419 e. The van der Waals surface area contributed by atoms with Crippen LogP contribution >= 0.6 is 0 Å². The number of rotatable bonds is 4. The molecule has 1 aromatic carbocycles. The zero-order chi connectivity index (χ0) is 17.9. The summed E-state index contributed by atoms with van der Waals surface area (Å²) in [6, 6.07) is 2.92. The van der Waals surface area contributed by atoms with Gasteiger partial charge in [-0.15, -0.1) is 0 Å². The van der Waals surface area contributed by atoms with Gasteiger partial charge in [-0.2, -0.15) is 13.2 Å². The summed E-state index contributed by atoms with van der Waals surface area (Å²) in [5, 5.41) is 0. The summed E-state index contributed by atoms with van der Waals surface area (Å²) < 4.78 is 51.4. The van der Waals surface area contributed by atoms with Crippen molar-refractivity contribution >= 4 is 12.0 Å². The van der Waals surface area contributed by atoms with E-state index in [9.17, 15) is 22.4 Å². The van der Waals surface area contributed by atoms with Crippen LogP contribution < -0.4 is 0 Å². The molecule has 1 heterocycles. The highest BCUT2D eigenvalue weighted by Gasteiger charge is 2.34. The van der Waals surface area contributed by atoms with E-state index in [4.69, 9.17) is 0 Å². The highest BCUT2D eigenvalue weighted by molar-refractivity contribution is 5.94. The van der Waals surface area contributed by atoms with Crippen LogP contribution in [0.3, 0.4) is 0 Å². The maximum atomic E-state index is 13.6. The normalized spacial score (nSPS) is 16.9. The van der Waals surface area contributed by atoms with Gasteiger partial charge in [-0.3, -0.25) is 14.7 Å². The lowest BCUT2D eigenvalue weighted by Gasteiger charge is -2.28. The third kappa shape index (κ3) is 4.29. The van der Waals surface area contributed by atoms with Gasteiger partial charge < -0.3 is 0 Å². The van der Waals surface area contributed by atoms with Crippen LogP contribution in [0, 0.1) is 5.82 Å². The number of hydrogen-bond donors (Lipinski definition) is 0. The first-order valence-corrected chi connectivity index (χ1v) is 7.52. The van der Waals surface area contributed by atoms with Crippen molar-refractivity contribution in [2.45, 2.75) is 33.0 Å². The van der Waals surface area contributed by atoms with Gasteiger partial charge in [0.2, 0.25) is 0 Å². The molecule has 0 aromatic heterocycles. The second-order valence-corrected chi connectivity index (χ2v) is 5.64. The van der Waals surface area contributed by atoms with Gasteiger partial charge in [0.1, 0.15) is 5.82 Å². The van der Waals surface area contributed by atoms with E-state index in [2.05, 4.69) is 4.99 Å². The molecule has 0 spiro atoms. The topological polar surface area (TPSA) is 32.7 Å². The minimum atomic E-state index is -4.70. The van der Waals surface area contributed by atoms with Crippen LogP contribution in [0.4, 0.5) is 17.6 Å². The Balaban J connectivity index is 2.16. The fraction of sp³-hybridized carbons (Fsp3) is 0.412. The molecule has 1 aliphatic rings. The van der Waals surface area contributed by atoms with Crippen molar-refractivity contribution in [3.05, 3.63) is 46.4 Å². The summed E-state index contributed by atoms with van der Waals surface area (Å²) in [7, 11) is 0. The Hall–Kier alpha value is -2.02. The number of ketones is 1. The van der Waals surface area contributed by atoms with Gasteiger partial charge in [-0.1, -0.05) is 6.07 Å². The second-order valence-electron chi connectivity index (χ2n) is 5.64. The van der Waals surface area contributed by atoms with Crippen LogP contribution in [-0.4, -0.2) is 30.0 Å².